The molecule has 2 heterocycles. The first kappa shape index (κ1) is 18.6. The summed E-state index contributed by atoms with van der Waals surface area (Å²) in [5.41, 5.74) is 1.07. The van der Waals surface area contributed by atoms with Gasteiger partial charge in [0, 0.05) is 18.8 Å². The molecule has 1 aromatic carbocycles. The minimum Gasteiger partial charge on any atom is -0.497 e. The Morgan fingerprint density at radius 2 is 1.88 bits per heavy atom. The summed E-state index contributed by atoms with van der Waals surface area (Å²) in [6.07, 6.45) is 5.57. The fraction of sp³-hybridized carbons (Fsp3) is 0.650. The van der Waals surface area contributed by atoms with Crippen LogP contribution in [-0.4, -0.2) is 66.5 Å². The molecule has 0 aromatic heterocycles. The SMILES string of the molecule is COc1ccc(CC(=O)N2CCCSCC2CN2CCCCC2)cc1. The number of ether oxygens (including phenoxy) is 1. The lowest BCUT2D eigenvalue weighted by atomic mass is 10.1. The third-order valence-corrected chi connectivity index (χ3v) is 6.39. The number of carbonyl (C=O) groups is 1. The number of benzene rings is 1. The molecule has 0 aliphatic carbocycles. The van der Waals surface area contributed by atoms with Crippen LogP contribution in [0.4, 0.5) is 0 Å². The number of amides is 1. The minimum absolute atomic E-state index is 0.273. The average Bonchev–Trinajstić information content (AvgIpc) is 2.89. The molecule has 0 saturated carbocycles. The number of piperidine rings is 1. The van der Waals surface area contributed by atoms with Gasteiger partial charge in [-0.05, 0) is 55.8 Å². The van der Waals surface area contributed by atoms with E-state index in [1.807, 2.05) is 36.0 Å². The lowest BCUT2D eigenvalue weighted by Gasteiger charge is -2.36. The van der Waals surface area contributed by atoms with Crippen molar-refractivity contribution in [3.63, 3.8) is 0 Å². The van der Waals surface area contributed by atoms with Gasteiger partial charge in [0.05, 0.1) is 19.6 Å². The number of rotatable bonds is 5. The Hall–Kier alpha value is -1.20. The summed E-state index contributed by atoms with van der Waals surface area (Å²) in [5.74, 6) is 3.35. The number of thioether (sulfide) groups is 1. The van der Waals surface area contributed by atoms with Gasteiger partial charge in [-0.1, -0.05) is 18.6 Å². The lowest BCUT2D eigenvalue weighted by molar-refractivity contribution is -0.132. The van der Waals surface area contributed by atoms with Crippen LogP contribution in [0, 0.1) is 0 Å². The molecule has 3 rings (SSSR count). The fourth-order valence-corrected chi connectivity index (χ4v) is 4.83. The number of nitrogens with zero attached hydrogens (tertiary/aromatic N) is 2. The van der Waals surface area contributed by atoms with E-state index in [1.165, 1.54) is 38.1 Å². The van der Waals surface area contributed by atoms with Crippen LogP contribution in [0.3, 0.4) is 0 Å². The standard InChI is InChI=1S/C20H30N2O2S/c1-24-19-8-6-17(7-9-19)14-20(23)22-12-5-13-25-16-18(22)15-21-10-3-2-4-11-21/h6-9,18H,2-5,10-16H2,1H3. The third kappa shape index (κ3) is 5.38. The zero-order chi connectivity index (χ0) is 17.5. The predicted molar refractivity (Wildman–Crippen MR) is 104 cm³/mol. The monoisotopic (exact) mass is 362 g/mol. The van der Waals surface area contributed by atoms with Gasteiger partial charge in [-0.15, -0.1) is 0 Å². The van der Waals surface area contributed by atoms with Crippen LogP contribution in [0.15, 0.2) is 24.3 Å². The first-order valence-electron chi connectivity index (χ1n) is 9.49. The van der Waals surface area contributed by atoms with Crippen molar-refractivity contribution >= 4 is 17.7 Å². The molecule has 0 N–H and O–H groups in total. The quantitative estimate of drug-likeness (QED) is 0.806. The summed E-state index contributed by atoms with van der Waals surface area (Å²) in [6, 6.07) is 8.24. The van der Waals surface area contributed by atoms with Crippen molar-refractivity contribution in [3.8, 4) is 5.75 Å². The topological polar surface area (TPSA) is 32.8 Å². The van der Waals surface area contributed by atoms with Crippen LogP contribution in [-0.2, 0) is 11.2 Å². The van der Waals surface area contributed by atoms with Crippen molar-refractivity contribution in [3.05, 3.63) is 29.8 Å². The molecule has 1 aromatic rings. The second-order valence-electron chi connectivity index (χ2n) is 7.06. The van der Waals surface area contributed by atoms with Crippen molar-refractivity contribution in [1.29, 1.82) is 0 Å². The van der Waals surface area contributed by atoms with E-state index in [2.05, 4.69) is 9.80 Å². The minimum atomic E-state index is 0.273. The highest BCUT2D eigenvalue weighted by atomic mass is 32.2. The molecule has 0 spiro atoms. The summed E-state index contributed by atoms with van der Waals surface area (Å²) in [4.78, 5) is 17.7. The fourth-order valence-electron chi connectivity index (χ4n) is 3.77. The van der Waals surface area contributed by atoms with Gasteiger partial charge in [-0.25, -0.2) is 0 Å². The molecule has 25 heavy (non-hydrogen) atoms. The maximum absolute atomic E-state index is 13.0. The normalized spacial score (nSPS) is 22.4. The number of likely N-dealkylation sites (tertiary alicyclic amines) is 1. The highest BCUT2D eigenvalue weighted by Crippen LogP contribution is 2.21. The van der Waals surface area contributed by atoms with Crippen LogP contribution >= 0.6 is 11.8 Å². The average molecular weight is 363 g/mol. The Kier molecular flexibility index (Phi) is 7.05. The van der Waals surface area contributed by atoms with Gasteiger partial charge in [0.25, 0.3) is 0 Å². The van der Waals surface area contributed by atoms with Crippen molar-refractivity contribution in [2.75, 3.05) is 44.8 Å². The maximum Gasteiger partial charge on any atom is 0.227 e. The molecule has 4 nitrogen and oxygen atoms in total. The zero-order valence-electron chi connectivity index (χ0n) is 15.3. The Balaban J connectivity index is 1.63. The van der Waals surface area contributed by atoms with Crippen LogP contribution < -0.4 is 4.74 Å². The molecule has 2 fully saturated rings. The largest absolute Gasteiger partial charge is 0.497 e. The van der Waals surface area contributed by atoms with Gasteiger partial charge < -0.3 is 14.5 Å². The third-order valence-electron chi connectivity index (χ3n) is 5.19. The Morgan fingerprint density at radius 3 is 2.60 bits per heavy atom. The molecule has 0 radical (unpaired) electrons. The predicted octanol–water partition coefficient (Wildman–Crippen LogP) is 3.06. The molecular formula is C20H30N2O2S. The van der Waals surface area contributed by atoms with E-state index in [0.717, 1.165) is 36.6 Å². The van der Waals surface area contributed by atoms with Gasteiger partial charge in [-0.2, -0.15) is 11.8 Å². The van der Waals surface area contributed by atoms with Crippen molar-refractivity contribution < 1.29 is 9.53 Å². The van der Waals surface area contributed by atoms with Gasteiger partial charge in [0.1, 0.15) is 5.75 Å². The number of methoxy groups -OCH3 is 1. The molecule has 1 atom stereocenters. The highest BCUT2D eigenvalue weighted by molar-refractivity contribution is 7.99. The van der Waals surface area contributed by atoms with Gasteiger partial charge in [0.15, 0.2) is 0 Å². The molecular weight excluding hydrogens is 332 g/mol. The van der Waals surface area contributed by atoms with E-state index in [4.69, 9.17) is 4.74 Å². The van der Waals surface area contributed by atoms with Crippen LogP contribution in [0.25, 0.3) is 0 Å². The highest BCUT2D eigenvalue weighted by Gasteiger charge is 2.27. The van der Waals surface area contributed by atoms with E-state index in [9.17, 15) is 4.79 Å². The van der Waals surface area contributed by atoms with Crippen LogP contribution in [0.5, 0.6) is 5.75 Å². The molecule has 138 valence electrons. The molecule has 2 saturated heterocycles. The van der Waals surface area contributed by atoms with E-state index < -0.39 is 0 Å². The first-order chi connectivity index (χ1) is 12.3. The van der Waals surface area contributed by atoms with Crippen LogP contribution in [0.2, 0.25) is 0 Å². The van der Waals surface area contributed by atoms with Gasteiger partial charge in [-0.3, -0.25) is 4.79 Å². The smallest absolute Gasteiger partial charge is 0.227 e. The second-order valence-corrected chi connectivity index (χ2v) is 8.21. The molecule has 2 aliphatic rings. The molecule has 1 unspecified atom stereocenters. The summed E-state index contributed by atoms with van der Waals surface area (Å²) in [6.45, 7) is 4.34. The number of carbonyl (C=O) groups excluding carboxylic acids is 1. The molecule has 2 aliphatic heterocycles. The van der Waals surface area contributed by atoms with Gasteiger partial charge >= 0.3 is 0 Å². The van der Waals surface area contributed by atoms with Crippen molar-refractivity contribution in [1.82, 2.24) is 9.80 Å². The van der Waals surface area contributed by atoms with Crippen molar-refractivity contribution in [2.24, 2.45) is 0 Å². The lowest BCUT2D eigenvalue weighted by Crippen LogP contribution is -2.49. The molecule has 1 amide bonds. The Bertz CT molecular complexity index is 543. The number of hydrogen-bond donors (Lipinski definition) is 0. The van der Waals surface area contributed by atoms with Crippen LogP contribution in [0.1, 0.15) is 31.2 Å². The van der Waals surface area contributed by atoms with E-state index >= 15 is 0 Å². The Labute approximate surface area is 155 Å². The molecule has 5 heteroatoms. The van der Waals surface area contributed by atoms with E-state index in [-0.39, 0.29) is 5.91 Å². The molecule has 0 bridgehead atoms. The Morgan fingerprint density at radius 1 is 1.12 bits per heavy atom. The first-order valence-corrected chi connectivity index (χ1v) is 10.6. The second kappa shape index (κ2) is 9.48. The van der Waals surface area contributed by atoms with E-state index in [1.54, 1.807) is 7.11 Å². The summed E-state index contributed by atoms with van der Waals surface area (Å²) in [7, 11) is 1.67. The maximum atomic E-state index is 13.0. The number of hydrogen-bond acceptors (Lipinski definition) is 4. The van der Waals surface area contributed by atoms with E-state index in [0.29, 0.717) is 12.5 Å². The summed E-state index contributed by atoms with van der Waals surface area (Å²) >= 11 is 2.01. The summed E-state index contributed by atoms with van der Waals surface area (Å²) in [5, 5.41) is 0. The summed E-state index contributed by atoms with van der Waals surface area (Å²) < 4.78 is 5.21. The van der Waals surface area contributed by atoms with Gasteiger partial charge in [0.2, 0.25) is 5.91 Å². The zero-order valence-corrected chi connectivity index (χ0v) is 16.1. The van der Waals surface area contributed by atoms with Crippen molar-refractivity contribution in [2.45, 2.75) is 38.1 Å².